The lowest BCUT2D eigenvalue weighted by molar-refractivity contribution is 0.606. The summed E-state index contributed by atoms with van der Waals surface area (Å²) in [6, 6.07) is 5.91. The molecule has 0 radical (unpaired) electrons. The predicted octanol–water partition coefficient (Wildman–Crippen LogP) is 4.83. The monoisotopic (exact) mass is 318 g/mol. The Hall–Kier alpha value is -1.39. The number of nitrogens with zero attached hydrogens (tertiary/aromatic N) is 2. The summed E-state index contributed by atoms with van der Waals surface area (Å²) in [7, 11) is 0. The highest BCUT2D eigenvalue weighted by Crippen LogP contribution is 2.46. The molecular formula is C16H15ClN2OS. The van der Waals surface area contributed by atoms with E-state index in [-0.39, 0.29) is 0 Å². The number of allylic oxidation sites excluding steroid dienone is 1. The van der Waals surface area contributed by atoms with Crippen LogP contribution in [0.4, 0.5) is 0 Å². The number of thioether (sulfide) groups is 1. The summed E-state index contributed by atoms with van der Waals surface area (Å²) in [5.74, 6) is 0.447. The van der Waals surface area contributed by atoms with Crippen LogP contribution in [-0.4, -0.2) is 23.2 Å². The van der Waals surface area contributed by atoms with Gasteiger partial charge in [0.2, 0.25) is 0 Å². The quantitative estimate of drug-likeness (QED) is 0.794. The third-order valence-electron chi connectivity index (χ3n) is 3.80. The van der Waals surface area contributed by atoms with Crippen molar-refractivity contribution in [3.8, 4) is 0 Å². The molecule has 2 aromatic rings. The van der Waals surface area contributed by atoms with Crippen molar-refractivity contribution in [3.05, 3.63) is 40.0 Å². The second-order valence-corrected chi connectivity index (χ2v) is 7.02. The van der Waals surface area contributed by atoms with Gasteiger partial charge in [0.05, 0.1) is 18.5 Å². The average Bonchev–Trinajstić information content (AvgIpc) is 3.11. The van der Waals surface area contributed by atoms with Gasteiger partial charge in [0.15, 0.2) is 5.17 Å². The molecule has 0 spiro atoms. The topological polar surface area (TPSA) is 28.7 Å². The zero-order valence-electron chi connectivity index (χ0n) is 11.9. The molecular weight excluding hydrogens is 304 g/mol. The van der Waals surface area contributed by atoms with E-state index >= 15 is 0 Å². The number of halogens is 1. The van der Waals surface area contributed by atoms with Gasteiger partial charge in [0.25, 0.3) is 0 Å². The summed E-state index contributed by atoms with van der Waals surface area (Å²) < 4.78 is 5.72. The van der Waals surface area contributed by atoms with E-state index in [2.05, 4.69) is 23.7 Å². The zero-order chi connectivity index (χ0) is 14.6. The van der Waals surface area contributed by atoms with Crippen molar-refractivity contribution < 1.29 is 4.42 Å². The van der Waals surface area contributed by atoms with Crippen molar-refractivity contribution in [1.82, 2.24) is 4.90 Å². The van der Waals surface area contributed by atoms with Crippen LogP contribution in [0.15, 0.2) is 38.8 Å². The third-order valence-corrected chi connectivity index (χ3v) is 5.44. The van der Waals surface area contributed by atoms with Gasteiger partial charge in [0.1, 0.15) is 5.58 Å². The highest BCUT2D eigenvalue weighted by molar-refractivity contribution is 8.17. The number of hydrogen-bond donors (Lipinski definition) is 0. The summed E-state index contributed by atoms with van der Waals surface area (Å²) in [6.45, 7) is 6.23. The van der Waals surface area contributed by atoms with Gasteiger partial charge in [-0.15, -0.1) is 0 Å². The third kappa shape index (κ3) is 2.00. The van der Waals surface area contributed by atoms with Gasteiger partial charge in [-0.1, -0.05) is 37.2 Å². The van der Waals surface area contributed by atoms with Crippen molar-refractivity contribution in [1.29, 1.82) is 0 Å². The van der Waals surface area contributed by atoms with Crippen molar-refractivity contribution in [2.24, 2.45) is 10.9 Å². The zero-order valence-corrected chi connectivity index (χ0v) is 13.5. The van der Waals surface area contributed by atoms with Crippen LogP contribution < -0.4 is 0 Å². The Morgan fingerprint density at radius 1 is 1.38 bits per heavy atom. The number of benzene rings is 1. The molecule has 1 aromatic carbocycles. The maximum Gasteiger partial charge on any atom is 0.168 e. The number of fused-ring (bicyclic) bond motifs is 2. The molecule has 3 nitrogen and oxygen atoms in total. The largest absolute Gasteiger partial charge is 0.464 e. The molecule has 0 saturated heterocycles. The molecule has 4 rings (SSSR count). The molecule has 0 fully saturated rings. The van der Waals surface area contributed by atoms with E-state index in [4.69, 9.17) is 16.0 Å². The van der Waals surface area contributed by atoms with Crippen LogP contribution in [0.1, 0.15) is 19.4 Å². The van der Waals surface area contributed by atoms with E-state index < -0.39 is 0 Å². The average molecular weight is 319 g/mol. The lowest BCUT2D eigenvalue weighted by Crippen LogP contribution is -2.20. The van der Waals surface area contributed by atoms with Gasteiger partial charge < -0.3 is 9.32 Å². The van der Waals surface area contributed by atoms with Crippen LogP contribution in [0.25, 0.3) is 16.7 Å². The molecule has 3 heterocycles. The molecule has 0 N–H and O–H groups in total. The fourth-order valence-corrected chi connectivity index (χ4v) is 4.32. The van der Waals surface area contributed by atoms with Gasteiger partial charge >= 0.3 is 0 Å². The second kappa shape index (κ2) is 4.82. The minimum Gasteiger partial charge on any atom is -0.464 e. The molecule has 0 bridgehead atoms. The SMILES string of the molecule is CC(C)C1=C(c2cc(Cl)cc3ccoc23)N2CCN=C2S1. The minimum absolute atomic E-state index is 0.447. The molecule has 0 unspecified atom stereocenters. The summed E-state index contributed by atoms with van der Waals surface area (Å²) in [5, 5.41) is 2.89. The molecule has 0 aliphatic carbocycles. The van der Waals surface area contributed by atoms with E-state index in [0.29, 0.717) is 5.92 Å². The summed E-state index contributed by atoms with van der Waals surface area (Å²) in [4.78, 5) is 8.24. The highest BCUT2D eigenvalue weighted by Gasteiger charge is 2.35. The normalized spacial score (nSPS) is 18.1. The molecule has 21 heavy (non-hydrogen) atoms. The maximum absolute atomic E-state index is 6.31. The van der Waals surface area contributed by atoms with Crippen LogP contribution in [0.3, 0.4) is 0 Å². The first-order valence-corrected chi connectivity index (χ1v) is 8.25. The number of furan rings is 1. The molecule has 2 aliphatic rings. The number of hydrogen-bond acceptors (Lipinski definition) is 4. The predicted molar refractivity (Wildman–Crippen MR) is 89.6 cm³/mol. The Morgan fingerprint density at radius 2 is 2.24 bits per heavy atom. The first-order chi connectivity index (χ1) is 10.1. The smallest absolute Gasteiger partial charge is 0.168 e. The molecule has 0 saturated carbocycles. The van der Waals surface area contributed by atoms with Gasteiger partial charge in [-0.3, -0.25) is 4.99 Å². The summed E-state index contributed by atoms with van der Waals surface area (Å²) in [5.41, 5.74) is 3.20. The van der Waals surface area contributed by atoms with Crippen molar-refractivity contribution in [2.45, 2.75) is 13.8 Å². The lowest BCUT2D eigenvalue weighted by atomic mass is 10.0. The van der Waals surface area contributed by atoms with E-state index in [1.54, 1.807) is 18.0 Å². The Bertz CT molecular complexity index is 791. The standard InChI is InChI=1S/C16H15ClN2OS/c1-9(2)15-13(19-5-4-18-16(19)21-15)12-8-11(17)7-10-3-6-20-14(10)12/h3,6-9H,4-5H2,1-2H3. The number of rotatable bonds is 2. The Morgan fingerprint density at radius 3 is 3.05 bits per heavy atom. The Kier molecular flexibility index (Phi) is 3.05. The minimum atomic E-state index is 0.447. The molecule has 2 aliphatic heterocycles. The van der Waals surface area contributed by atoms with Crippen LogP contribution in [0, 0.1) is 5.92 Å². The van der Waals surface area contributed by atoms with Crippen LogP contribution >= 0.6 is 23.4 Å². The molecule has 108 valence electrons. The van der Waals surface area contributed by atoms with Crippen LogP contribution in [0.5, 0.6) is 0 Å². The van der Waals surface area contributed by atoms with Gasteiger partial charge in [-0.25, -0.2) is 0 Å². The number of amidine groups is 1. The summed E-state index contributed by atoms with van der Waals surface area (Å²) in [6.07, 6.45) is 1.72. The van der Waals surface area contributed by atoms with Gasteiger partial charge in [-0.2, -0.15) is 0 Å². The highest BCUT2D eigenvalue weighted by atomic mass is 35.5. The van der Waals surface area contributed by atoms with Gasteiger partial charge in [-0.05, 0) is 24.1 Å². The lowest BCUT2D eigenvalue weighted by Gasteiger charge is -2.18. The Labute approximate surface area is 132 Å². The second-order valence-electron chi connectivity index (χ2n) is 5.58. The van der Waals surface area contributed by atoms with E-state index in [9.17, 15) is 0 Å². The van der Waals surface area contributed by atoms with E-state index in [1.165, 1.54) is 10.6 Å². The number of aliphatic imine (C=N–C) groups is 1. The molecule has 5 heteroatoms. The fourth-order valence-electron chi connectivity index (χ4n) is 2.89. The first-order valence-electron chi connectivity index (χ1n) is 7.06. The van der Waals surface area contributed by atoms with E-state index in [1.807, 2.05) is 18.2 Å². The molecule has 0 atom stereocenters. The Balaban J connectivity index is 1.99. The van der Waals surface area contributed by atoms with Crippen molar-refractivity contribution in [2.75, 3.05) is 13.1 Å². The molecule has 0 amide bonds. The van der Waals surface area contributed by atoms with Gasteiger partial charge in [0, 0.05) is 27.4 Å². The maximum atomic E-state index is 6.31. The summed E-state index contributed by atoms with van der Waals surface area (Å²) >= 11 is 8.09. The fraction of sp³-hybridized carbons (Fsp3) is 0.312. The van der Waals surface area contributed by atoms with Crippen molar-refractivity contribution in [3.63, 3.8) is 0 Å². The van der Waals surface area contributed by atoms with Crippen LogP contribution in [-0.2, 0) is 0 Å². The van der Waals surface area contributed by atoms with E-state index in [0.717, 1.165) is 39.8 Å². The molecule has 1 aromatic heterocycles. The van der Waals surface area contributed by atoms with Crippen molar-refractivity contribution >= 4 is 45.2 Å². The van der Waals surface area contributed by atoms with Crippen LogP contribution in [0.2, 0.25) is 5.02 Å². The first kappa shape index (κ1) is 13.3.